The van der Waals surface area contributed by atoms with Gasteiger partial charge in [0.25, 0.3) is 5.91 Å². The third kappa shape index (κ3) is 5.80. The minimum atomic E-state index is -0.692. The fourth-order valence-electron chi connectivity index (χ4n) is 1.82. The van der Waals surface area contributed by atoms with Crippen molar-refractivity contribution in [2.24, 2.45) is 5.73 Å². The lowest BCUT2D eigenvalue weighted by molar-refractivity contribution is -0.156. The predicted octanol–water partition coefficient (Wildman–Crippen LogP) is 1.34. The zero-order valence-electron chi connectivity index (χ0n) is 12.5. The van der Waals surface area contributed by atoms with Crippen LogP contribution in [0.1, 0.15) is 11.1 Å². The van der Waals surface area contributed by atoms with Crippen LogP contribution in [0.5, 0.6) is 5.75 Å². The maximum atomic E-state index is 11.6. The van der Waals surface area contributed by atoms with Crippen molar-refractivity contribution in [1.29, 1.82) is 0 Å². The third-order valence-electron chi connectivity index (χ3n) is 2.98. The summed E-state index contributed by atoms with van der Waals surface area (Å²) in [5.41, 5.74) is 8.96. The van der Waals surface area contributed by atoms with E-state index in [4.69, 9.17) is 10.5 Å². The van der Waals surface area contributed by atoms with Gasteiger partial charge in [-0.3, -0.25) is 4.79 Å². The Morgan fingerprint density at radius 2 is 1.65 bits per heavy atom. The van der Waals surface area contributed by atoms with Gasteiger partial charge in [0, 0.05) is 0 Å². The number of amides is 1. The van der Waals surface area contributed by atoms with Gasteiger partial charge in [0.1, 0.15) is 12.4 Å². The average Bonchev–Trinajstić information content (AvgIpc) is 2.60. The molecule has 0 fully saturated rings. The summed E-state index contributed by atoms with van der Waals surface area (Å²) in [5.74, 6) is -0.402. The first-order valence-corrected chi connectivity index (χ1v) is 7.11. The number of rotatable bonds is 6. The molecule has 0 spiro atoms. The number of nitrogens with one attached hydrogen (secondary N) is 1. The number of hydrogen-bond acceptors (Lipinski definition) is 5. The van der Waals surface area contributed by atoms with Crippen LogP contribution in [-0.2, 0) is 27.5 Å². The van der Waals surface area contributed by atoms with E-state index < -0.39 is 11.9 Å². The van der Waals surface area contributed by atoms with Crippen molar-refractivity contribution in [2.45, 2.75) is 13.0 Å². The van der Waals surface area contributed by atoms with Gasteiger partial charge in [-0.15, -0.1) is 0 Å². The molecule has 1 amide bonds. The van der Waals surface area contributed by atoms with Gasteiger partial charge in [0.05, 0.1) is 13.0 Å². The summed E-state index contributed by atoms with van der Waals surface area (Å²) in [5, 5.41) is 0. The summed E-state index contributed by atoms with van der Waals surface area (Å²) in [7, 11) is 0. The van der Waals surface area contributed by atoms with Crippen molar-refractivity contribution in [3.8, 4) is 5.75 Å². The Hall–Kier alpha value is -2.86. The van der Waals surface area contributed by atoms with Crippen LogP contribution in [0.2, 0.25) is 0 Å². The first-order chi connectivity index (χ1) is 11.2. The van der Waals surface area contributed by atoms with E-state index in [1.807, 2.05) is 35.8 Å². The number of carbonyl (C=O) groups is 2. The van der Waals surface area contributed by atoms with E-state index in [0.717, 1.165) is 11.1 Å². The Balaban J connectivity index is 1.80. The lowest BCUT2D eigenvalue weighted by atomic mass is 10.1. The molecule has 0 aliphatic heterocycles. The molecule has 23 heavy (non-hydrogen) atoms. The monoisotopic (exact) mass is 314 g/mol. The molecule has 6 heteroatoms. The highest BCUT2D eigenvalue weighted by Gasteiger charge is 2.06. The van der Waals surface area contributed by atoms with E-state index in [2.05, 4.69) is 4.84 Å². The zero-order chi connectivity index (χ0) is 16.5. The fraction of sp³-hybridized carbons (Fsp3) is 0.176. The first kappa shape index (κ1) is 16.5. The zero-order valence-corrected chi connectivity index (χ0v) is 12.5. The summed E-state index contributed by atoms with van der Waals surface area (Å²) in [6, 6.07) is 17.0. The smallest absolute Gasteiger partial charge is 0.345 e. The van der Waals surface area contributed by atoms with Crippen molar-refractivity contribution in [1.82, 2.24) is 5.48 Å². The van der Waals surface area contributed by atoms with Crippen LogP contribution in [0.25, 0.3) is 0 Å². The summed E-state index contributed by atoms with van der Waals surface area (Å²) in [6.07, 6.45) is 0.0941. The number of hydroxylamine groups is 1. The van der Waals surface area contributed by atoms with Gasteiger partial charge >= 0.3 is 5.97 Å². The Labute approximate surface area is 134 Å². The SMILES string of the molecule is NCC(=O)ONC(=O)Cc1ccc(OCc2ccccc2)cc1. The topological polar surface area (TPSA) is 90.7 Å². The molecule has 0 atom stereocenters. The van der Waals surface area contributed by atoms with E-state index in [0.29, 0.717) is 12.4 Å². The molecule has 0 aliphatic carbocycles. The van der Waals surface area contributed by atoms with Gasteiger partial charge in [-0.1, -0.05) is 42.5 Å². The molecule has 0 aromatic heterocycles. The Kier molecular flexibility index (Phi) is 6.14. The number of benzene rings is 2. The maximum absolute atomic E-state index is 11.6. The molecule has 0 saturated heterocycles. The Morgan fingerprint density at radius 1 is 0.957 bits per heavy atom. The van der Waals surface area contributed by atoms with E-state index in [9.17, 15) is 9.59 Å². The van der Waals surface area contributed by atoms with Crippen molar-refractivity contribution >= 4 is 11.9 Å². The standard InChI is InChI=1S/C17H18N2O4/c18-11-17(21)23-19-16(20)10-13-6-8-15(9-7-13)22-12-14-4-2-1-3-5-14/h1-9H,10-12,18H2,(H,19,20). The summed E-state index contributed by atoms with van der Waals surface area (Å²) in [4.78, 5) is 26.8. The van der Waals surface area contributed by atoms with Crippen LogP contribution < -0.4 is 16.0 Å². The molecular formula is C17H18N2O4. The molecule has 0 bridgehead atoms. The Bertz CT molecular complexity index is 641. The van der Waals surface area contributed by atoms with E-state index >= 15 is 0 Å². The lowest BCUT2D eigenvalue weighted by Crippen LogP contribution is -2.31. The molecule has 0 saturated carbocycles. The molecular weight excluding hydrogens is 296 g/mol. The maximum Gasteiger partial charge on any atom is 0.345 e. The first-order valence-electron chi connectivity index (χ1n) is 7.11. The van der Waals surface area contributed by atoms with Crippen LogP contribution in [0, 0.1) is 0 Å². The molecule has 0 aliphatic rings. The van der Waals surface area contributed by atoms with Crippen LogP contribution >= 0.6 is 0 Å². The van der Waals surface area contributed by atoms with Gasteiger partial charge in [0.2, 0.25) is 0 Å². The van der Waals surface area contributed by atoms with Gasteiger partial charge in [-0.2, -0.15) is 5.48 Å². The van der Waals surface area contributed by atoms with E-state index in [1.54, 1.807) is 24.3 Å². The second kappa shape index (κ2) is 8.55. The summed E-state index contributed by atoms with van der Waals surface area (Å²) < 4.78 is 5.66. The van der Waals surface area contributed by atoms with Crippen LogP contribution in [0.4, 0.5) is 0 Å². The van der Waals surface area contributed by atoms with Gasteiger partial charge in [0.15, 0.2) is 0 Å². The number of ether oxygens (including phenoxy) is 1. The number of nitrogens with two attached hydrogens (primary N) is 1. The molecule has 120 valence electrons. The highest BCUT2D eigenvalue weighted by Crippen LogP contribution is 2.14. The van der Waals surface area contributed by atoms with Crippen molar-refractivity contribution < 1.29 is 19.2 Å². The van der Waals surface area contributed by atoms with Crippen molar-refractivity contribution in [2.75, 3.05) is 6.54 Å². The lowest BCUT2D eigenvalue weighted by Gasteiger charge is -2.08. The minimum Gasteiger partial charge on any atom is -0.489 e. The predicted molar refractivity (Wildman–Crippen MR) is 84.2 cm³/mol. The normalized spacial score (nSPS) is 9.96. The van der Waals surface area contributed by atoms with Gasteiger partial charge < -0.3 is 15.3 Å². The van der Waals surface area contributed by atoms with Gasteiger partial charge in [-0.05, 0) is 23.3 Å². The van der Waals surface area contributed by atoms with E-state index in [-0.39, 0.29) is 13.0 Å². The number of hydrogen-bond donors (Lipinski definition) is 2. The minimum absolute atomic E-state index is 0.0941. The quantitative estimate of drug-likeness (QED) is 0.785. The van der Waals surface area contributed by atoms with Gasteiger partial charge in [-0.25, -0.2) is 4.79 Å². The fourth-order valence-corrected chi connectivity index (χ4v) is 1.82. The second-order valence-corrected chi connectivity index (χ2v) is 4.80. The Morgan fingerprint density at radius 3 is 2.30 bits per heavy atom. The highest BCUT2D eigenvalue weighted by atomic mass is 16.7. The molecule has 2 rings (SSSR count). The third-order valence-corrected chi connectivity index (χ3v) is 2.98. The molecule has 2 aromatic carbocycles. The largest absolute Gasteiger partial charge is 0.489 e. The van der Waals surface area contributed by atoms with Crippen LogP contribution in [-0.4, -0.2) is 18.4 Å². The highest BCUT2D eigenvalue weighted by molar-refractivity contribution is 5.80. The molecule has 2 aromatic rings. The molecule has 0 heterocycles. The van der Waals surface area contributed by atoms with E-state index in [1.165, 1.54) is 0 Å². The second-order valence-electron chi connectivity index (χ2n) is 4.80. The van der Waals surface area contributed by atoms with Crippen molar-refractivity contribution in [3.05, 3.63) is 65.7 Å². The number of carbonyl (C=O) groups excluding carboxylic acids is 2. The molecule has 3 N–H and O–H groups in total. The molecule has 0 radical (unpaired) electrons. The summed E-state index contributed by atoms with van der Waals surface area (Å²) >= 11 is 0. The van der Waals surface area contributed by atoms with Crippen LogP contribution in [0.15, 0.2) is 54.6 Å². The van der Waals surface area contributed by atoms with Crippen molar-refractivity contribution in [3.63, 3.8) is 0 Å². The molecule has 0 unspecified atom stereocenters. The van der Waals surface area contributed by atoms with Crippen LogP contribution in [0.3, 0.4) is 0 Å². The summed E-state index contributed by atoms with van der Waals surface area (Å²) in [6.45, 7) is 0.198. The molecule has 6 nitrogen and oxygen atoms in total. The average molecular weight is 314 g/mol.